The second-order valence-corrected chi connectivity index (χ2v) is 4.28. The van der Waals surface area contributed by atoms with Crippen LogP contribution in [0.1, 0.15) is 17.3 Å². The van der Waals surface area contributed by atoms with Gasteiger partial charge in [0, 0.05) is 11.6 Å². The third kappa shape index (κ3) is 2.36. The molecule has 1 aromatic carbocycles. The summed E-state index contributed by atoms with van der Waals surface area (Å²) in [6.07, 6.45) is 1.38. The normalized spacial score (nSPS) is 10.4. The van der Waals surface area contributed by atoms with E-state index in [1.54, 1.807) is 19.1 Å². The van der Waals surface area contributed by atoms with Gasteiger partial charge >= 0.3 is 5.97 Å². The van der Waals surface area contributed by atoms with Crippen molar-refractivity contribution in [3.05, 3.63) is 28.9 Å². The van der Waals surface area contributed by atoms with Gasteiger partial charge in [-0.05, 0) is 19.1 Å². The molecule has 1 heterocycles. The van der Waals surface area contributed by atoms with Gasteiger partial charge < -0.3 is 14.2 Å². The van der Waals surface area contributed by atoms with Crippen molar-refractivity contribution >= 4 is 28.5 Å². The summed E-state index contributed by atoms with van der Waals surface area (Å²) in [4.78, 5) is 16.0. The fourth-order valence-electron chi connectivity index (χ4n) is 1.90. The lowest BCUT2D eigenvalue weighted by Crippen LogP contribution is -2.06. The topological polar surface area (TPSA) is 57.7 Å². The predicted molar refractivity (Wildman–Crippen MR) is 75.8 cm³/mol. The minimum atomic E-state index is -0.498. The van der Waals surface area contributed by atoms with Gasteiger partial charge in [0.25, 0.3) is 0 Å². The quantitative estimate of drug-likeness (QED) is 0.811. The number of carbonyl (C=O) groups is 1. The Morgan fingerprint density at radius 3 is 2.65 bits per heavy atom. The number of hydrogen-bond acceptors (Lipinski definition) is 5. The molecule has 5 nitrogen and oxygen atoms in total. The molecule has 0 saturated heterocycles. The number of aromatic nitrogens is 1. The molecule has 0 bridgehead atoms. The first-order chi connectivity index (χ1) is 9.63. The Kier molecular flexibility index (Phi) is 4.29. The molecule has 0 saturated carbocycles. The number of benzene rings is 1. The Labute approximate surface area is 121 Å². The number of fused-ring (bicyclic) bond motifs is 1. The zero-order valence-corrected chi connectivity index (χ0v) is 12.2. The van der Waals surface area contributed by atoms with Crippen molar-refractivity contribution in [3.63, 3.8) is 0 Å². The molecule has 0 aliphatic heterocycles. The summed E-state index contributed by atoms with van der Waals surface area (Å²) < 4.78 is 15.4. The largest absolute Gasteiger partial charge is 0.493 e. The number of halogens is 1. The van der Waals surface area contributed by atoms with Gasteiger partial charge in [0.2, 0.25) is 0 Å². The maximum Gasteiger partial charge on any atom is 0.341 e. The molecule has 1 aromatic heterocycles. The summed E-state index contributed by atoms with van der Waals surface area (Å²) in [6, 6.07) is 3.44. The van der Waals surface area contributed by atoms with Crippen molar-refractivity contribution in [1.29, 1.82) is 0 Å². The van der Waals surface area contributed by atoms with E-state index in [0.717, 1.165) is 0 Å². The SMILES string of the molecule is CCOC(=O)c1cnc2c(OC)c(OC)ccc2c1Cl. The molecule has 0 aliphatic carbocycles. The molecule has 0 unspecified atom stereocenters. The fourth-order valence-corrected chi connectivity index (χ4v) is 2.18. The van der Waals surface area contributed by atoms with Crippen molar-refractivity contribution < 1.29 is 19.0 Å². The highest BCUT2D eigenvalue weighted by atomic mass is 35.5. The van der Waals surface area contributed by atoms with Gasteiger partial charge in [-0.2, -0.15) is 0 Å². The van der Waals surface area contributed by atoms with Crippen LogP contribution < -0.4 is 9.47 Å². The van der Waals surface area contributed by atoms with Crippen molar-refractivity contribution in [2.75, 3.05) is 20.8 Å². The number of methoxy groups -OCH3 is 2. The summed E-state index contributed by atoms with van der Waals surface area (Å²) in [7, 11) is 3.06. The van der Waals surface area contributed by atoms with Gasteiger partial charge in [0.15, 0.2) is 11.5 Å². The zero-order chi connectivity index (χ0) is 14.7. The Balaban J connectivity index is 2.66. The van der Waals surface area contributed by atoms with Crippen LogP contribution in [0.2, 0.25) is 5.02 Å². The number of carbonyl (C=O) groups excluding carboxylic acids is 1. The van der Waals surface area contributed by atoms with Crippen molar-refractivity contribution in [3.8, 4) is 11.5 Å². The third-order valence-electron chi connectivity index (χ3n) is 2.81. The van der Waals surface area contributed by atoms with E-state index in [1.165, 1.54) is 20.4 Å². The molecule has 6 heteroatoms. The van der Waals surface area contributed by atoms with Gasteiger partial charge in [-0.25, -0.2) is 4.79 Å². The first-order valence-corrected chi connectivity index (χ1v) is 6.38. The maximum absolute atomic E-state index is 11.8. The number of nitrogens with zero attached hydrogens (tertiary/aromatic N) is 1. The molecule has 0 spiro atoms. The number of ether oxygens (including phenoxy) is 3. The van der Waals surface area contributed by atoms with Crippen molar-refractivity contribution in [1.82, 2.24) is 4.98 Å². The second kappa shape index (κ2) is 5.96. The first-order valence-electron chi connectivity index (χ1n) is 6.00. The summed E-state index contributed by atoms with van der Waals surface area (Å²) in [5, 5.41) is 0.893. The van der Waals surface area contributed by atoms with Gasteiger partial charge in [-0.3, -0.25) is 4.98 Å². The van der Waals surface area contributed by atoms with E-state index in [2.05, 4.69) is 4.98 Å². The van der Waals surface area contributed by atoms with E-state index < -0.39 is 5.97 Å². The molecule has 0 amide bonds. The van der Waals surface area contributed by atoms with Crippen LogP contribution in [0.25, 0.3) is 10.9 Å². The summed E-state index contributed by atoms with van der Waals surface area (Å²) in [5.41, 5.74) is 0.762. The molecule has 0 radical (unpaired) electrons. The predicted octanol–water partition coefficient (Wildman–Crippen LogP) is 3.08. The maximum atomic E-state index is 11.8. The molecule has 0 atom stereocenters. The summed E-state index contributed by atoms with van der Waals surface area (Å²) >= 11 is 6.26. The highest BCUT2D eigenvalue weighted by Gasteiger charge is 2.18. The molecule has 0 fully saturated rings. The summed E-state index contributed by atoms with van der Waals surface area (Å²) in [5.74, 6) is 0.524. The van der Waals surface area contributed by atoms with Gasteiger partial charge in [-0.15, -0.1) is 0 Å². The standard InChI is InChI=1S/C14H14ClNO4/c1-4-20-14(17)9-7-16-12-8(11(9)15)5-6-10(18-2)13(12)19-3/h5-7H,4H2,1-3H3. The zero-order valence-electron chi connectivity index (χ0n) is 11.4. The van der Waals surface area contributed by atoms with Crippen molar-refractivity contribution in [2.24, 2.45) is 0 Å². The average Bonchev–Trinajstić information content (AvgIpc) is 2.46. The third-order valence-corrected chi connectivity index (χ3v) is 3.22. The highest BCUT2D eigenvalue weighted by molar-refractivity contribution is 6.38. The monoisotopic (exact) mass is 295 g/mol. The van der Waals surface area contributed by atoms with Crippen molar-refractivity contribution in [2.45, 2.75) is 6.92 Å². The molecule has 0 N–H and O–H groups in total. The van der Waals surface area contributed by atoms with E-state index in [-0.39, 0.29) is 17.2 Å². The van der Waals surface area contributed by atoms with E-state index in [0.29, 0.717) is 22.4 Å². The number of esters is 1. The van der Waals surface area contributed by atoms with Gasteiger partial charge in [-0.1, -0.05) is 11.6 Å². The highest BCUT2D eigenvalue weighted by Crippen LogP contribution is 2.37. The van der Waals surface area contributed by atoms with Crippen LogP contribution in [0.5, 0.6) is 11.5 Å². The van der Waals surface area contributed by atoms with Gasteiger partial charge in [0.05, 0.1) is 31.4 Å². The Morgan fingerprint density at radius 1 is 1.30 bits per heavy atom. The molecule has 0 aliphatic rings. The Bertz CT molecular complexity index is 657. The molecular weight excluding hydrogens is 282 g/mol. The van der Waals surface area contributed by atoms with Gasteiger partial charge in [0.1, 0.15) is 5.52 Å². The first kappa shape index (κ1) is 14.4. The lowest BCUT2D eigenvalue weighted by Gasteiger charge is -2.12. The molecule has 2 aromatic rings. The minimum Gasteiger partial charge on any atom is -0.493 e. The number of hydrogen-bond donors (Lipinski definition) is 0. The van der Waals surface area contributed by atoms with Crippen LogP contribution in [0.15, 0.2) is 18.3 Å². The Morgan fingerprint density at radius 2 is 2.05 bits per heavy atom. The van der Waals surface area contributed by atoms with E-state index in [1.807, 2.05) is 0 Å². The van der Waals surface area contributed by atoms with E-state index in [9.17, 15) is 4.79 Å². The summed E-state index contributed by atoms with van der Waals surface area (Å²) in [6.45, 7) is 2.01. The van der Waals surface area contributed by atoms with Crippen LogP contribution in [0, 0.1) is 0 Å². The smallest absolute Gasteiger partial charge is 0.341 e. The van der Waals surface area contributed by atoms with Crippen LogP contribution in [0.4, 0.5) is 0 Å². The number of rotatable bonds is 4. The lowest BCUT2D eigenvalue weighted by atomic mass is 10.1. The van der Waals surface area contributed by atoms with Crippen LogP contribution in [-0.2, 0) is 4.74 Å². The van der Waals surface area contributed by atoms with Crippen LogP contribution in [-0.4, -0.2) is 31.8 Å². The lowest BCUT2D eigenvalue weighted by molar-refractivity contribution is 0.0526. The second-order valence-electron chi connectivity index (χ2n) is 3.90. The fraction of sp³-hybridized carbons (Fsp3) is 0.286. The van der Waals surface area contributed by atoms with E-state index >= 15 is 0 Å². The van der Waals surface area contributed by atoms with Crippen LogP contribution in [0.3, 0.4) is 0 Å². The number of pyridine rings is 1. The molecule has 106 valence electrons. The molecular formula is C14H14ClNO4. The average molecular weight is 296 g/mol. The molecule has 20 heavy (non-hydrogen) atoms. The molecule has 2 rings (SSSR count). The Hall–Kier alpha value is -2.01. The minimum absolute atomic E-state index is 0.230. The van der Waals surface area contributed by atoms with E-state index in [4.69, 9.17) is 25.8 Å². The van der Waals surface area contributed by atoms with Crippen LogP contribution >= 0.6 is 11.6 Å².